The van der Waals surface area contributed by atoms with E-state index in [0.29, 0.717) is 11.6 Å². The fraction of sp³-hybridized carbons (Fsp3) is 0.368. The van der Waals surface area contributed by atoms with Crippen molar-refractivity contribution >= 4 is 11.4 Å². The maximum atomic E-state index is 13.8. The molecule has 2 nitrogen and oxygen atoms in total. The molecule has 1 atom stereocenters. The third-order valence-electron chi connectivity index (χ3n) is 3.90. The number of anilines is 2. The summed E-state index contributed by atoms with van der Waals surface area (Å²) in [7, 11) is 1.94. The summed E-state index contributed by atoms with van der Waals surface area (Å²) in [6.45, 7) is 3.14. The summed E-state index contributed by atoms with van der Waals surface area (Å²) in [6.07, 6.45) is 2.91. The molecule has 0 aliphatic carbocycles. The maximum absolute atomic E-state index is 13.8. The van der Waals surface area contributed by atoms with Crippen LogP contribution in [0.15, 0.2) is 42.5 Å². The van der Waals surface area contributed by atoms with Gasteiger partial charge in [-0.15, -0.1) is 0 Å². The number of rotatable bonds is 8. The molecule has 0 saturated carbocycles. The summed E-state index contributed by atoms with van der Waals surface area (Å²) >= 11 is 0. The second kappa shape index (κ2) is 8.63. The lowest BCUT2D eigenvalue weighted by Crippen LogP contribution is -2.10. The number of nitrogens with one attached hydrogen (secondary N) is 2. The van der Waals surface area contributed by atoms with Crippen LogP contribution in [0.5, 0.6) is 0 Å². The minimum Gasteiger partial charge on any atom is -0.353 e. The summed E-state index contributed by atoms with van der Waals surface area (Å²) in [5.74, 6) is -0.141. The average molecular weight is 318 g/mol. The van der Waals surface area contributed by atoms with Crippen molar-refractivity contribution in [3.05, 3.63) is 59.7 Å². The van der Waals surface area contributed by atoms with Gasteiger partial charge in [-0.1, -0.05) is 19.1 Å². The van der Waals surface area contributed by atoms with E-state index in [-0.39, 0.29) is 11.6 Å². The van der Waals surface area contributed by atoms with E-state index in [2.05, 4.69) is 17.6 Å². The van der Waals surface area contributed by atoms with Crippen LogP contribution in [0.3, 0.4) is 0 Å². The molecule has 23 heavy (non-hydrogen) atoms. The van der Waals surface area contributed by atoms with Crippen molar-refractivity contribution in [3.8, 4) is 0 Å². The van der Waals surface area contributed by atoms with Gasteiger partial charge in [0.15, 0.2) is 0 Å². The number of hydrogen-bond acceptors (Lipinski definition) is 2. The Labute approximate surface area is 136 Å². The molecule has 4 heteroatoms. The van der Waals surface area contributed by atoms with Gasteiger partial charge in [0.2, 0.25) is 0 Å². The first-order chi connectivity index (χ1) is 11.1. The second-order valence-electron chi connectivity index (χ2n) is 5.96. The zero-order valence-electron chi connectivity index (χ0n) is 13.7. The minimum atomic E-state index is -0.315. The Balaban J connectivity index is 2.12. The first-order valence-corrected chi connectivity index (χ1v) is 8.04. The van der Waals surface area contributed by atoms with Crippen molar-refractivity contribution in [3.63, 3.8) is 0 Å². The van der Waals surface area contributed by atoms with Crippen molar-refractivity contribution < 1.29 is 8.78 Å². The van der Waals surface area contributed by atoms with Crippen LogP contribution in [0, 0.1) is 17.6 Å². The number of hydrogen-bond donors (Lipinski definition) is 2. The molecule has 0 fully saturated rings. The third-order valence-corrected chi connectivity index (χ3v) is 3.90. The summed E-state index contributed by atoms with van der Waals surface area (Å²) in [5.41, 5.74) is 2.05. The smallest absolute Gasteiger partial charge is 0.146 e. The van der Waals surface area contributed by atoms with Crippen molar-refractivity contribution in [2.75, 3.05) is 18.9 Å². The maximum Gasteiger partial charge on any atom is 0.146 e. The van der Waals surface area contributed by atoms with Gasteiger partial charge in [-0.05, 0) is 74.7 Å². The summed E-state index contributed by atoms with van der Waals surface area (Å²) in [6, 6.07) is 11.1. The molecule has 2 N–H and O–H groups in total. The van der Waals surface area contributed by atoms with Crippen molar-refractivity contribution in [2.45, 2.75) is 26.2 Å². The van der Waals surface area contributed by atoms with Gasteiger partial charge in [-0.2, -0.15) is 0 Å². The van der Waals surface area contributed by atoms with Gasteiger partial charge in [0, 0.05) is 5.69 Å². The van der Waals surface area contributed by atoms with Crippen LogP contribution in [0.1, 0.15) is 25.3 Å². The molecular weight excluding hydrogens is 294 g/mol. The molecule has 2 aromatic carbocycles. The van der Waals surface area contributed by atoms with Crippen LogP contribution in [0.4, 0.5) is 20.2 Å². The van der Waals surface area contributed by atoms with E-state index in [1.807, 2.05) is 7.05 Å². The van der Waals surface area contributed by atoms with E-state index >= 15 is 0 Å². The molecule has 0 heterocycles. The van der Waals surface area contributed by atoms with Gasteiger partial charge >= 0.3 is 0 Å². The molecule has 0 radical (unpaired) electrons. The fourth-order valence-electron chi connectivity index (χ4n) is 2.67. The van der Waals surface area contributed by atoms with E-state index in [0.717, 1.165) is 37.1 Å². The monoisotopic (exact) mass is 318 g/mol. The quantitative estimate of drug-likeness (QED) is 0.677. The molecule has 2 rings (SSSR count). The summed E-state index contributed by atoms with van der Waals surface area (Å²) < 4.78 is 27.4. The Morgan fingerprint density at radius 2 is 1.83 bits per heavy atom. The molecule has 124 valence electrons. The predicted octanol–water partition coefficient (Wildman–Crippen LogP) is 4.89. The van der Waals surface area contributed by atoms with E-state index in [4.69, 9.17) is 0 Å². The number of para-hydroxylation sites is 1. The highest BCUT2D eigenvalue weighted by atomic mass is 19.1. The Hall–Kier alpha value is -1.94. The Bertz CT molecular complexity index is 629. The zero-order valence-corrected chi connectivity index (χ0v) is 13.7. The van der Waals surface area contributed by atoms with Crippen molar-refractivity contribution in [2.24, 2.45) is 5.92 Å². The highest BCUT2D eigenvalue weighted by Gasteiger charge is 2.11. The highest BCUT2D eigenvalue weighted by Crippen LogP contribution is 2.26. The van der Waals surface area contributed by atoms with Gasteiger partial charge in [0.1, 0.15) is 11.6 Å². The predicted molar refractivity (Wildman–Crippen MR) is 92.1 cm³/mol. The lowest BCUT2D eigenvalue weighted by molar-refractivity contribution is 0.499. The molecule has 0 aliphatic rings. The topological polar surface area (TPSA) is 24.1 Å². The molecule has 0 saturated heterocycles. The minimum absolute atomic E-state index is 0.262. The van der Waals surface area contributed by atoms with E-state index in [1.165, 1.54) is 18.2 Å². The van der Waals surface area contributed by atoms with Gasteiger partial charge in [-0.3, -0.25) is 0 Å². The molecule has 0 spiro atoms. The largest absolute Gasteiger partial charge is 0.353 e. The SMILES string of the molecule is CNCCC[C@H](C)Cc1cc(F)ccc1Nc1ccccc1F. The highest BCUT2D eigenvalue weighted by molar-refractivity contribution is 5.63. The standard InChI is InChI=1S/C19H24F2N2/c1-14(6-5-11-22-2)12-15-13-16(20)9-10-18(15)23-19-8-4-3-7-17(19)21/h3-4,7-10,13-14,22-23H,5-6,11-12H2,1-2H3/t14-/m0/s1. The van der Waals surface area contributed by atoms with Gasteiger partial charge in [0.25, 0.3) is 0 Å². The summed E-state index contributed by atoms with van der Waals surface area (Å²) in [4.78, 5) is 0. The van der Waals surface area contributed by atoms with Crippen molar-refractivity contribution in [1.29, 1.82) is 0 Å². The van der Waals surface area contributed by atoms with Crippen LogP contribution in [-0.4, -0.2) is 13.6 Å². The van der Waals surface area contributed by atoms with Crippen LogP contribution >= 0.6 is 0 Å². The molecule has 2 aromatic rings. The van der Waals surface area contributed by atoms with E-state index < -0.39 is 0 Å². The normalized spacial score (nSPS) is 12.2. The molecule has 0 bridgehead atoms. The number of halogens is 2. The molecular formula is C19H24F2N2. The lowest BCUT2D eigenvalue weighted by atomic mass is 9.95. The van der Waals surface area contributed by atoms with E-state index in [9.17, 15) is 8.78 Å². The van der Waals surface area contributed by atoms with Gasteiger partial charge < -0.3 is 10.6 Å². The Kier molecular flexibility index (Phi) is 6.53. The molecule has 0 amide bonds. The van der Waals surface area contributed by atoms with Crippen LogP contribution < -0.4 is 10.6 Å². The Morgan fingerprint density at radius 3 is 2.57 bits per heavy atom. The Morgan fingerprint density at radius 1 is 1.04 bits per heavy atom. The molecule has 0 unspecified atom stereocenters. The number of benzene rings is 2. The first-order valence-electron chi connectivity index (χ1n) is 8.04. The van der Waals surface area contributed by atoms with Crippen LogP contribution in [0.2, 0.25) is 0 Å². The van der Waals surface area contributed by atoms with Crippen molar-refractivity contribution in [1.82, 2.24) is 5.32 Å². The van der Waals surface area contributed by atoms with Gasteiger partial charge in [-0.25, -0.2) is 8.78 Å². The van der Waals surface area contributed by atoms with Crippen LogP contribution in [0.25, 0.3) is 0 Å². The molecule has 0 aliphatic heterocycles. The van der Waals surface area contributed by atoms with E-state index in [1.54, 1.807) is 24.3 Å². The molecule has 0 aromatic heterocycles. The van der Waals surface area contributed by atoms with Crippen LogP contribution in [-0.2, 0) is 6.42 Å². The lowest BCUT2D eigenvalue weighted by Gasteiger charge is -2.16. The summed E-state index contributed by atoms with van der Waals surface area (Å²) in [5, 5.41) is 6.22. The second-order valence-corrected chi connectivity index (χ2v) is 5.96. The van der Waals surface area contributed by atoms with Gasteiger partial charge in [0.05, 0.1) is 5.69 Å². The average Bonchev–Trinajstić information content (AvgIpc) is 2.52. The zero-order chi connectivity index (χ0) is 16.7. The fourth-order valence-corrected chi connectivity index (χ4v) is 2.67. The third kappa shape index (κ3) is 5.32. The first kappa shape index (κ1) is 17.4.